The summed E-state index contributed by atoms with van der Waals surface area (Å²) >= 11 is 1.37. The number of hydrogen-bond donors (Lipinski definition) is 1. The molecule has 0 aromatic carbocycles. The van der Waals surface area contributed by atoms with Crippen LogP contribution in [0, 0.1) is 6.92 Å². The summed E-state index contributed by atoms with van der Waals surface area (Å²) in [4.78, 5) is 0.756. The molecule has 1 atom stereocenters. The lowest BCUT2D eigenvalue weighted by Gasteiger charge is -2.35. The molecule has 18 heavy (non-hydrogen) atoms. The van der Waals surface area contributed by atoms with Crippen molar-refractivity contribution in [2.45, 2.75) is 50.0 Å². The van der Waals surface area contributed by atoms with E-state index in [1.807, 2.05) is 19.2 Å². The number of thiophene rings is 1. The Balaban J connectivity index is 2.41. The van der Waals surface area contributed by atoms with E-state index in [1.54, 1.807) is 6.92 Å². The van der Waals surface area contributed by atoms with E-state index in [1.165, 1.54) is 11.3 Å². The molecule has 1 saturated heterocycles. The molecular formula is C12H18O4S2. The highest BCUT2D eigenvalue weighted by atomic mass is 32.2. The minimum Gasteiger partial charge on any atom is -0.376 e. The van der Waals surface area contributed by atoms with E-state index in [0.29, 0.717) is 11.5 Å². The van der Waals surface area contributed by atoms with Gasteiger partial charge in [0.1, 0.15) is 4.90 Å². The minimum absolute atomic E-state index is 0.107. The average Bonchev–Trinajstić information content (AvgIpc) is 2.58. The van der Waals surface area contributed by atoms with Gasteiger partial charge in [-0.2, -0.15) is 8.42 Å². The molecule has 102 valence electrons. The van der Waals surface area contributed by atoms with Crippen molar-refractivity contribution in [1.82, 2.24) is 0 Å². The summed E-state index contributed by atoms with van der Waals surface area (Å²) in [5.41, 5.74) is 0.506. The van der Waals surface area contributed by atoms with Crippen molar-refractivity contribution >= 4 is 21.5 Å². The Labute approximate surface area is 112 Å². The highest BCUT2D eigenvalue weighted by Gasteiger charge is 2.33. The van der Waals surface area contributed by atoms with Crippen molar-refractivity contribution in [3.63, 3.8) is 0 Å². The third-order valence-corrected chi connectivity index (χ3v) is 5.46. The summed E-state index contributed by atoms with van der Waals surface area (Å²) < 4.78 is 37.9. The Hall–Kier alpha value is -0.430. The lowest BCUT2D eigenvalue weighted by molar-refractivity contribution is -0.0595. The van der Waals surface area contributed by atoms with Gasteiger partial charge in [-0.25, -0.2) is 0 Å². The quantitative estimate of drug-likeness (QED) is 0.851. The van der Waals surface area contributed by atoms with E-state index in [2.05, 4.69) is 0 Å². The van der Waals surface area contributed by atoms with Gasteiger partial charge < -0.3 is 4.74 Å². The molecule has 1 aromatic heterocycles. The van der Waals surface area contributed by atoms with Crippen LogP contribution in [0.15, 0.2) is 10.3 Å². The molecule has 1 N–H and O–H groups in total. The highest BCUT2D eigenvalue weighted by molar-refractivity contribution is 7.86. The standard InChI is InChI=1S/C12H18O4S2/c1-8-11(18(13,14)15)10(7-17-8)9-4-5-16-12(2,3)6-9/h7,9H,4-6H2,1-3H3,(H,13,14,15). The van der Waals surface area contributed by atoms with Gasteiger partial charge in [-0.05, 0) is 50.5 Å². The number of aryl methyl sites for hydroxylation is 1. The summed E-state index contributed by atoms with van der Waals surface area (Å²) in [6.07, 6.45) is 1.56. The van der Waals surface area contributed by atoms with Crippen LogP contribution in [0.4, 0.5) is 0 Å². The maximum Gasteiger partial charge on any atom is 0.295 e. The predicted octanol–water partition coefficient (Wildman–Crippen LogP) is 2.98. The van der Waals surface area contributed by atoms with E-state index in [9.17, 15) is 13.0 Å². The molecule has 2 heterocycles. The van der Waals surface area contributed by atoms with Crippen LogP contribution >= 0.6 is 11.3 Å². The zero-order valence-electron chi connectivity index (χ0n) is 10.8. The summed E-state index contributed by atoms with van der Waals surface area (Å²) in [6, 6.07) is 0. The first-order valence-corrected chi connectivity index (χ1v) is 8.22. The predicted molar refractivity (Wildman–Crippen MR) is 70.9 cm³/mol. The highest BCUT2D eigenvalue weighted by Crippen LogP contribution is 2.41. The Bertz CT molecular complexity index is 542. The molecule has 0 radical (unpaired) electrons. The molecule has 1 aliphatic rings. The second kappa shape index (κ2) is 4.59. The monoisotopic (exact) mass is 290 g/mol. The van der Waals surface area contributed by atoms with E-state index >= 15 is 0 Å². The van der Waals surface area contributed by atoms with Crippen LogP contribution in [0.2, 0.25) is 0 Å². The van der Waals surface area contributed by atoms with Gasteiger partial charge in [-0.3, -0.25) is 4.55 Å². The van der Waals surface area contributed by atoms with Gasteiger partial charge in [0.25, 0.3) is 10.1 Å². The maximum absolute atomic E-state index is 11.5. The molecule has 6 heteroatoms. The fourth-order valence-corrected chi connectivity index (χ4v) is 4.83. The van der Waals surface area contributed by atoms with Gasteiger partial charge in [-0.15, -0.1) is 11.3 Å². The van der Waals surface area contributed by atoms with Crippen LogP contribution in [0.3, 0.4) is 0 Å². The van der Waals surface area contributed by atoms with Crippen LogP contribution in [0.25, 0.3) is 0 Å². The molecule has 0 amide bonds. The minimum atomic E-state index is -4.14. The molecule has 4 nitrogen and oxygen atoms in total. The summed E-state index contributed by atoms with van der Waals surface area (Å²) in [6.45, 7) is 6.36. The van der Waals surface area contributed by atoms with Gasteiger partial charge >= 0.3 is 0 Å². The first kappa shape index (κ1) is 14.0. The van der Waals surface area contributed by atoms with Crippen molar-refractivity contribution in [2.75, 3.05) is 6.61 Å². The Morgan fingerprint density at radius 2 is 2.17 bits per heavy atom. The number of hydrogen-bond acceptors (Lipinski definition) is 4. The van der Waals surface area contributed by atoms with E-state index in [4.69, 9.17) is 4.74 Å². The van der Waals surface area contributed by atoms with E-state index < -0.39 is 10.1 Å². The van der Waals surface area contributed by atoms with Gasteiger partial charge in [0.2, 0.25) is 0 Å². The van der Waals surface area contributed by atoms with Crippen LogP contribution < -0.4 is 0 Å². The topological polar surface area (TPSA) is 63.6 Å². The second-order valence-corrected chi connectivity index (χ2v) is 7.79. The largest absolute Gasteiger partial charge is 0.376 e. The molecule has 0 aliphatic carbocycles. The second-order valence-electron chi connectivity index (χ2n) is 5.35. The molecule has 1 unspecified atom stereocenters. The molecule has 2 rings (SSSR count). The Morgan fingerprint density at radius 3 is 2.72 bits per heavy atom. The van der Waals surface area contributed by atoms with Gasteiger partial charge in [0, 0.05) is 11.5 Å². The SMILES string of the molecule is Cc1scc(C2CCOC(C)(C)C2)c1S(=O)(=O)O. The van der Waals surface area contributed by atoms with Crippen LogP contribution in [-0.4, -0.2) is 25.2 Å². The summed E-state index contributed by atoms with van der Waals surface area (Å²) in [7, 11) is -4.14. The average molecular weight is 290 g/mol. The fraction of sp³-hybridized carbons (Fsp3) is 0.667. The maximum atomic E-state index is 11.5. The van der Waals surface area contributed by atoms with Crippen LogP contribution in [0.5, 0.6) is 0 Å². The van der Waals surface area contributed by atoms with Crippen molar-refractivity contribution in [1.29, 1.82) is 0 Å². The zero-order valence-corrected chi connectivity index (χ0v) is 12.4. The molecular weight excluding hydrogens is 272 g/mol. The van der Waals surface area contributed by atoms with Gasteiger partial charge in [-0.1, -0.05) is 0 Å². The van der Waals surface area contributed by atoms with Crippen LogP contribution in [-0.2, 0) is 14.9 Å². The first-order valence-electron chi connectivity index (χ1n) is 5.90. The number of ether oxygens (including phenoxy) is 1. The summed E-state index contributed by atoms with van der Waals surface area (Å²) in [5.74, 6) is 0.135. The molecule has 0 spiro atoms. The van der Waals surface area contributed by atoms with Crippen molar-refractivity contribution in [2.24, 2.45) is 0 Å². The first-order chi connectivity index (χ1) is 8.21. The third-order valence-electron chi connectivity index (χ3n) is 3.34. The Morgan fingerprint density at radius 1 is 1.50 bits per heavy atom. The van der Waals surface area contributed by atoms with Crippen molar-refractivity contribution < 1.29 is 17.7 Å². The van der Waals surface area contributed by atoms with E-state index in [-0.39, 0.29) is 16.4 Å². The third kappa shape index (κ3) is 2.77. The normalized spacial score (nSPS) is 24.1. The molecule has 0 saturated carbocycles. The number of rotatable bonds is 2. The smallest absolute Gasteiger partial charge is 0.295 e. The van der Waals surface area contributed by atoms with Crippen molar-refractivity contribution in [3.05, 3.63) is 15.8 Å². The van der Waals surface area contributed by atoms with E-state index in [0.717, 1.165) is 18.4 Å². The van der Waals surface area contributed by atoms with Gasteiger partial charge in [0.15, 0.2) is 0 Å². The molecule has 1 aromatic rings. The molecule has 1 fully saturated rings. The van der Waals surface area contributed by atoms with Gasteiger partial charge in [0.05, 0.1) is 5.60 Å². The van der Waals surface area contributed by atoms with Crippen molar-refractivity contribution in [3.8, 4) is 0 Å². The Kier molecular flexibility index (Phi) is 3.57. The summed E-state index contributed by atoms with van der Waals surface area (Å²) in [5, 5.41) is 1.85. The lowest BCUT2D eigenvalue weighted by atomic mass is 9.84. The zero-order chi connectivity index (χ0) is 13.6. The lowest BCUT2D eigenvalue weighted by Crippen LogP contribution is -2.33. The fourth-order valence-electron chi connectivity index (χ4n) is 2.57. The molecule has 1 aliphatic heterocycles. The molecule has 0 bridgehead atoms. The van der Waals surface area contributed by atoms with Crippen LogP contribution in [0.1, 0.15) is 43.0 Å².